The number of aromatic nitrogens is 3. The average molecular weight is 468 g/mol. The Morgan fingerprint density at radius 2 is 1.97 bits per heavy atom. The Morgan fingerprint density at radius 1 is 1.18 bits per heavy atom. The van der Waals surface area contributed by atoms with Crippen molar-refractivity contribution >= 4 is 27.0 Å². The van der Waals surface area contributed by atoms with E-state index < -0.39 is 10.0 Å². The van der Waals surface area contributed by atoms with Gasteiger partial charge >= 0.3 is 0 Å². The molecule has 2 N–H and O–H groups in total. The molecule has 0 unspecified atom stereocenters. The predicted molar refractivity (Wildman–Crippen MR) is 124 cm³/mol. The summed E-state index contributed by atoms with van der Waals surface area (Å²) >= 11 is 0. The minimum absolute atomic E-state index is 0.150. The average Bonchev–Trinajstić information content (AvgIpc) is 3.39. The van der Waals surface area contributed by atoms with E-state index in [4.69, 9.17) is 4.42 Å². The quantitative estimate of drug-likeness (QED) is 0.431. The molecule has 3 heterocycles. The highest BCUT2D eigenvalue weighted by Crippen LogP contribution is 2.27. The minimum atomic E-state index is -3.63. The van der Waals surface area contributed by atoms with Gasteiger partial charge < -0.3 is 9.73 Å². The molecular formula is C23H25N5O4S. The summed E-state index contributed by atoms with van der Waals surface area (Å²) in [6.45, 7) is 5.50. The van der Waals surface area contributed by atoms with E-state index in [9.17, 15) is 13.2 Å². The van der Waals surface area contributed by atoms with E-state index in [1.807, 2.05) is 6.92 Å². The number of fused-ring (bicyclic) bond motifs is 1. The summed E-state index contributed by atoms with van der Waals surface area (Å²) in [4.78, 5) is 18.0. The topological polar surface area (TPSA) is 119 Å². The van der Waals surface area contributed by atoms with Crippen LogP contribution >= 0.6 is 0 Å². The van der Waals surface area contributed by atoms with Crippen molar-refractivity contribution in [2.24, 2.45) is 7.05 Å². The third-order valence-electron chi connectivity index (χ3n) is 5.04. The van der Waals surface area contributed by atoms with Crippen LogP contribution in [-0.4, -0.2) is 35.1 Å². The Morgan fingerprint density at radius 3 is 2.67 bits per heavy atom. The Labute approximate surface area is 191 Å². The van der Waals surface area contributed by atoms with Gasteiger partial charge in [0.1, 0.15) is 5.69 Å². The number of nitrogens with zero attached hydrogens (tertiary/aromatic N) is 3. The summed E-state index contributed by atoms with van der Waals surface area (Å²) in [7, 11) is -1.86. The van der Waals surface area contributed by atoms with Gasteiger partial charge in [0.05, 0.1) is 27.8 Å². The van der Waals surface area contributed by atoms with Gasteiger partial charge in [0.2, 0.25) is 10.0 Å². The SMILES string of the molecule is Cc1nn(C)c2nc(-c3ccco3)cc(C(=O)NCc3cccc(S(=O)(=O)NC(C)C)c3)c12. The third kappa shape index (κ3) is 4.67. The molecule has 3 aromatic heterocycles. The van der Waals surface area contributed by atoms with Gasteiger partial charge in [-0.05, 0) is 56.7 Å². The van der Waals surface area contributed by atoms with Gasteiger partial charge in [0.25, 0.3) is 5.91 Å². The fourth-order valence-electron chi connectivity index (χ4n) is 3.65. The molecule has 0 radical (unpaired) electrons. The summed E-state index contributed by atoms with van der Waals surface area (Å²) in [6.07, 6.45) is 1.55. The van der Waals surface area contributed by atoms with Crippen molar-refractivity contribution in [1.29, 1.82) is 0 Å². The molecule has 0 aliphatic rings. The van der Waals surface area contributed by atoms with E-state index in [1.165, 1.54) is 6.07 Å². The molecule has 0 aliphatic carbocycles. The fraction of sp³-hybridized carbons (Fsp3) is 0.261. The summed E-state index contributed by atoms with van der Waals surface area (Å²) in [6, 6.07) is 11.5. The molecule has 0 fully saturated rings. The first kappa shape index (κ1) is 22.7. The molecule has 1 aromatic carbocycles. The summed E-state index contributed by atoms with van der Waals surface area (Å²) in [5, 5.41) is 7.95. The molecule has 0 aliphatic heterocycles. The smallest absolute Gasteiger partial charge is 0.252 e. The Kier molecular flexibility index (Phi) is 6.05. The Hall–Kier alpha value is -3.50. The number of amides is 1. The first-order valence-corrected chi connectivity index (χ1v) is 11.9. The summed E-state index contributed by atoms with van der Waals surface area (Å²) < 4.78 is 34.6. The van der Waals surface area contributed by atoms with Crippen LogP contribution in [0.5, 0.6) is 0 Å². The largest absolute Gasteiger partial charge is 0.463 e. The van der Waals surface area contributed by atoms with Crippen molar-refractivity contribution in [3.05, 3.63) is 65.5 Å². The zero-order chi connectivity index (χ0) is 23.8. The number of carbonyl (C=O) groups excluding carboxylic acids is 1. The lowest BCUT2D eigenvalue weighted by Crippen LogP contribution is -2.30. The molecular weight excluding hydrogens is 442 g/mol. The number of hydrogen-bond acceptors (Lipinski definition) is 6. The molecule has 4 aromatic rings. The Bertz CT molecular complexity index is 1420. The predicted octanol–water partition coefficient (Wildman–Crippen LogP) is 3.15. The highest BCUT2D eigenvalue weighted by Gasteiger charge is 2.20. The zero-order valence-corrected chi connectivity index (χ0v) is 19.6. The first-order valence-electron chi connectivity index (χ1n) is 10.4. The maximum absolute atomic E-state index is 13.2. The molecule has 0 bridgehead atoms. The normalized spacial score (nSPS) is 11.9. The number of furan rings is 1. The van der Waals surface area contributed by atoms with Crippen LogP contribution in [0.3, 0.4) is 0 Å². The van der Waals surface area contributed by atoms with Crippen LogP contribution in [0, 0.1) is 6.92 Å². The lowest BCUT2D eigenvalue weighted by molar-refractivity contribution is 0.0952. The number of pyridine rings is 1. The van der Waals surface area contributed by atoms with Gasteiger partial charge in [0, 0.05) is 19.6 Å². The van der Waals surface area contributed by atoms with Crippen LogP contribution in [0.15, 0.2) is 58.0 Å². The standard InChI is InChI=1S/C23H25N5O4S/c1-14(2)27-33(30,31)17-8-5-7-16(11-17)13-24-23(29)18-12-19(20-9-6-10-32-20)25-22-21(18)15(3)26-28(22)4/h5-12,14,27H,13H2,1-4H3,(H,24,29). The lowest BCUT2D eigenvalue weighted by atomic mass is 10.1. The van der Waals surface area contributed by atoms with Crippen LogP contribution in [0.4, 0.5) is 0 Å². The van der Waals surface area contributed by atoms with Crippen LogP contribution in [0.25, 0.3) is 22.5 Å². The van der Waals surface area contributed by atoms with Crippen molar-refractivity contribution in [2.75, 3.05) is 0 Å². The number of benzene rings is 1. The van der Waals surface area contributed by atoms with Gasteiger partial charge in [-0.15, -0.1) is 0 Å². The van der Waals surface area contributed by atoms with Crippen molar-refractivity contribution in [2.45, 2.75) is 38.3 Å². The molecule has 9 nitrogen and oxygen atoms in total. The number of sulfonamides is 1. The second kappa shape index (κ2) is 8.80. The monoisotopic (exact) mass is 467 g/mol. The molecule has 33 heavy (non-hydrogen) atoms. The maximum atomic E-state index is 13.2. The lowest BCUT2D eigenvalue weighted by Gasteiger charge is -2.12. The van der Waals surface area contributed by atoms with Crippen LogP contribution in [0.2, 0.25) is 0 Å². The van der Waals surface area contributed by atoms with E-state index in [0.29, 0.717) is 39.3 Å². The molecule has 10 heteroatoms. The van der Waals surface area contributed by atoms with Gasteiger partial charge in [-0.1, -0.05) is 12.1 Å². The van der Waals surface area contributed by atoms with Crippen LogP contribution in [-0.2, 0) is 23.6 Å². The number of carbonyl (C=O) groups is 1. The molecule has 4 rings (SSSR count). The van der Waals surface area contributed by atoms with E-state index in [0.717, 1.165) is 0 Å². The molecule has 0 saturated carbocycles. The van der Waals surface area contributed by atoms with Gasteiger partial charge in [-0.3, -0.25) is 9.48 Å². The zero-order valence-electron chi connectivity index (χ0n) is 18.8. The molecule has 1 amide bonds. The van der Waals surface area contributed by atoms with Gasteiger partial charge in [0.15, 0.2) is 11.4 Å². The van der Waals surface area contributed by atoms with Crippen molar-refractivity contribution < 1.29 is 17.6 Å². The highest BCUT2D eigenvalue weighted by atomic mass is 32.2. The first-order chi connectivity index (χ1) is 15.7. The highest BCUT2D eigenvalue weighted by molar-refractivity contribution is 7.89. The van der Waals surface area contributed by atoms with Crippen molar-refractivity contribution in [3.63, 3.8) is 0 Å². The van der Waals surface area contributed by atoms with E-state index in [1.54, 1.807) is 68.2 Å². The summed E-state index contributed by atoms with van der Waals surface area (Å²) in [5.41, 5.74) is 2.86. The van der Waals surface area contributed by atoms with Crippen LogP contribution in [0.1, 0.15) is 35.5 Å². The summed E-state index contributed by atoms with van der Waals surface area (Å²) in [5.74, 6) is 0.222. The fourth-order valence-corrected chi connectivity index (χ4v) is 4.97. The van der Waals surface area contributed by atoms with E-state index >= 15 is 0 Å². The van der Waals surface area contributed by atoms with Crippen molar-refractivity contribution in [3.8, 4) is 11.5 Å². The molecule has 172 valence electrons. The number of nitrogens with one attached hydrogen (secondary N) is 2. The number of aryl methyl sites for hydroxylation is 2. The second-order valence-corrected chi connectivity index (χ2v) is 9.76. The Balaban J connectivity index is 1.63. The number of rotatable bonds is 7. The van der Waals surface area contributed by atoms with Gasteiger partial charge in [-0.2, -0.15) is 5.10 Å². The molecule has 0 atom stereocenters. The molecule has 0 spiro atoms. The maximum Gasteiger partial charge on any atom is 0.252 e. The van der Waals surface area contributed by atoms with Crippen molar-refractivity contribution in [1.82, 2.24) is 24.8 Å². The van der Waals surface area contributed by atoms with E-state index in [2.05, 4.69) is 20.1 Å². The third-order valence-corrected chi connectivity index (χ3v) is 6.70. The van der Waals surface area contributed by atoms with E-state index in [-0.39, 0.29) is 23.4 Å². The second-order valence-electron chi connectivity index (χ2n) is 8.05. The minimum Gasteiger partial charge on any atom is -0.463 e. The molecule has 0 saturated heterocycles. The van der Waals surface area contributed by atoms with Crippen LogP contribution < -0.4 is 10.0 Å². The number of hydrogen-bond donors (Lipinski definition) is 2. The van der Waals surface area contributed by atoms with Gasteiger partial charge in [-0.25, -0.2) is 18.1 Å².